The molecule has 1 aliphatic heterocycles. The average molecular weight is 290 g/mol. The van der Waals surface area contributed by atoms with Crippen molar-refractivity contribution in [1.29, 1.82) is 0 Å². The second-order valence-corrected chi connectivity index (χ2v) is 4.85. The molecule has 0 atom stereocenters. The highest BCUT2D eigenvalue weighted by Gasteiger charge is 2.32. The van der Waals surface area contributed by atoms with Crippen molar-refractivity contribution in [1.82, 2.24) is 19.7 Å². The predicted molar refractivity (Wildman–Crippen MR) is 70.7 cm³/mol. The zero-order valence-corrected chi connectivity index (χ0v) is 11.4. The molecule has 0 N–H and O–H groups in total. The molecular weight excluding hydrogens is 276 g/mol. The van der Waals surface area contributed by atoms with Gasteiger partial charge in [-0.15, -0.1) is 0 Å². The lowest BCUT2D eigenvalue weighted by atomic mass is 10.1. The molecule has 8 nitrogen and oxygen atoms in total. The third-order valence-corrected chi connectivity index (χ3v) is 3.13. The summed E-state index contributed by atoms with van der Waals surface area (Å²) in [6, 6.07) is 2.95. The molecule has 1 amide bonds. The van der Waals surface area contributed by atoms with Crippen LogP contribution in [0.2, 0.25) is 0 Å². The van der Waals surface area contributed by atoms with E-state index in [-0.39, 0.29) is 18.6 Å². The van der Waals surface area contributed by atoms with Crippen molar-refractivity contribution in [2.24, 2.45) is 0 Å². The molecule has 2 aromatic heterocycles. The van der Waals surface area contributed by atoms with Gasteiger partial charge in [0, 0.05) is 6.07 Å². The number of aryl methyl sites for hydroxylation is 1. The molecule has 0 bridgehead atoms. The highest BCUT2D eigenvalue weighted by molar-refractivity contribution is 5.76. The second-order valence-electron chi connectivity index (χ2n) is 4.85. The zero-order valence-electron chi connectivity index (χ0n) is 11.4. The molecule has 0 saturated carbocycles. The van der Waals surface area contributed by atoms with E-state index in [1.54, 1.807) is 17.9 Å². The van der Waals surface area contributed by atoms with Crippen LogP contribution in [-0.2, 0) is 11.3 Å². The predicted octanol–water partition coefficient (Wildman–Crippen LogP) is -0.170. The summed E-state index contributed by atoms with van der Waals surface area (Å²) in [6.45, 7) is 2.84. The number of ether oxygens (including phenoxy) is 1. The number of nitrogens with zero attached hydrogens (tertiary/aromatic N) is 4. The number of carbonyl (C=O) groups excluding carboxylic acids is 1. The van der Waals surface area contributed by atoms with Gasteiger partial charge in [-0.3, -0.25) is 4.79 Å². The summed E-state index contributed by atoms with van der Waals surface area (Å²) in [7, 11) is 0. The molecule has 0 aliphatic carbocycles. The molecule has 0 spiro atoms. The maximum Gasteiger partial charge on any atom is 0.339 e. The van der Waals surface area contributed by atoms with Gasteiger partial charge in [-0.25, -0.2) is 14.5 Å². The van der Waals surface area contributed by atoms with Crippen LogP contribution in [0.5, 0.6) is 5.75 Å². The maximum atomic E-state index is 11.9. The molecule has 0 aromatic carbocycles. The van der Waals surface area contributed by atoms with E-state index in [0.29, 0.717) is 24.6 Å². The second kappa shape index (κ2) is 5.39. The van der Waals surface area contributed by atoms with Crippen LogP contribution < -0.4 is 10.4 Å². The largest absolute Gasteiger partial charge is 0.486 e. The molecule has 1 aliphatic rings. The first-order valence-electron chi connectivity index (χ1n) is 6.49. The zero-order chi connectivity index (χ0) is 14.8. The van der Waals surface area contributed by atoms with Crippen molar-refractivity contribution >= 4 is 5.91 Å². The number of hydrogen-bond donors (Lipinski definition) is 0. The molecule has 110 valence electrons. The fourth-order valence-corrected chi connectivity index (χ4v) is 2.11. The Morgan fingerprint density at radius 3 is 2.95 bits per heavy atom. The molecule has 0 radical (unpaired) electrons. The Balaban J connectivity index is 1.51. The minimum absolute atomic E-state index is 0.0379. The maximum absolute atomic E-state index is 11.9. The normalized spacial score (nSPS) is 14.8. The Labute approximate surface area is 120 Å². The minimum atomic E-state index is -0.441. The quantitative estimate of drug-likeness (QED) is 0.776. The standard InChI is InChI=1S/C13H14N4O4/c1-9-2-10(3-13(19)20-9)21-11-4-16(5-11)12(18)6-17-8-14-7-15-17/h2-3,7-8,11H,4-6H2,1H3. The van der Waals surface area contributed by atoms with E-state index in [0.717, 1.165) is 0 Å². The number of aromatic nitrogens is 3. The highest BCUT2D eigenvalue weighted by atomic mass is 16.5. The van der Waals surface area contributed by atoms with E-state index in [4.69, 9.17) is 9.15 Å². The van der Waals surface area contributed by atoms with Crippen LogP contribution in [0.3, 0.4) is 0 Å². The van der Waals surface area contributed by atoms with Crippen LogP contribution in [0.15, 0.2) is 34.0 Å². The Bertz CT molecular complexity index is 688. The van der Waals surface area contributed by atoms with Gasteiger partial charge in [-0.05, 0) is 6.92 Å². The minimum Gasteiger partial charge on any atom is -0.486 e. The lowest BCUT2D eigenvalue weighted by Crippen LogP contribution is -2.57. The Morgan fingerprint density at radius 1 is 1.48 bits per heavy atom. The van der Waals surface area contributed by atoms with E-state index >= 15 is 0 Å². The molecule has 21 heavy (non-hydrogen) atoms. The van der Waals surface area contributed by atoms with Crippen molar-refractivity contribution in [3.8, 4) is 5.75 Å². The summed E-state index contributed by atoms with van der Waals surface area (Å²) >= 11 is 0. The Morgan fingerprint density at radius 2 is 2.29 bits per heavy atom. The van der Waals surface area contributed by atoms with Crippen molar-refractivity contribution in [3.05, 3.63) is 41.0 Å². The van der Waals surface area contributed by atoms with Crippen molar-refractivity contribution in [3.63, 3.8) is 0 Å². The molecule has 3 heterocycles. The summed E-state index contributed by atoms with van der Waals surface area (Å²) in [5, 5.41) is 3.88. The molecule has 1 fully saturated rings. The van der Waals surface area contributed by atoms with Gasteiger partial charge in [-0.2, -0.15) is 5.10 Å². The smallest absolute Gasteiger partial charge is 0.339 e. The van der Waals surface area contributed by atoms with Crippen LogP contribution in [0, 0.1) is 6.92 Å². The summed E-state index contributed by atoms with van der Waals surface area (Å²) in [6.07, 6.45) is 2.78. The Kier molecular flexibility index (Phi) is 3.43. The van der Waals surface area contributed by atoms with Crippen molar-refractivity contribution in [2.75, 3.05) is 13.1 Å². The van der Waals surface area contributed by atoms with Crippen LogP contribution in [0.25, 0.3) is 0 Å². The molecule has 8 heteroatoms. The Hall–Kier alpha value is -2.64. The molecular formula is C13H14N4O4. The lowest BCUT2D eigenvalue weighted by molar-refractivity contribution is -0.140. The van der Waals surface area contributed by atoms with E-state index in [1.165, 1.54) is 23.4 Å². The number of hydrogen-bond acceptors (Lipinski definition) is 6. The monoisotopic (exact) mass is 290 g/mol. The van der Waals surface area contributed by atoms with E-state index in [1.807, 2.05) is 0 Å². The van der Waals surface area contributed by atoms with Crippen LogP contribution >= 0.6 is 0 Å². The first-order valence-corrected chi connectivity index (χ1v) is 6.49. The number of likely N-dealkylation sites (tertiary alicyclic amines) is 1. The van der Waals surface area contributed by atoms with Gasteiger partial charge >= 0.3 is 5.63 Å². The van der Waals surface area contributed by atoms with E-state index < -0.39 is 5.63 Å². The van der Waals surface area contributed by atoms with Gasteiger partial charge < -0.3 is 14.1 Å². The SMILES string of the molecule is Cc1cc(OC2CN(C(=O)Cn3cncn3)C2)cc(=O)o1. The first kappa shape index (κ1) is 13.3. The van der Waals surface area contributed by atoms with Gasteiger partial charge in [0.05, 0.1) is 19.2 Å². The number of amides is 1. The molecule has 1 saturated heterocycles. The lowest BCUT2D eigenvalue weighted by Gasteiger charge is -2.38. The summed E-state index contributed by atoms with van der Waals surface area (Å²) in [5.74, 6) is 0.928. The number of rotatable bonds is 4. The average Bonchev–Trinajstić information content (AvgIpc) is 2.84. The van der Waals surface area contributed by atoms with Crippen LogP contribution in [-0.4, -0.2) is 44.8 Å². The molecule has 3 rings (SSSR count). The number of carbonyl (C=O) groups is 1. The summed E-state index contributed by atoms with van der Waals surface area (Å²) < 4.78 is 12.0. The topological polar surface area (TPSA) is 90.5 Å². The summed E-state index contributed by atoms with van der Waals surface area (Å²) in [5.41, 5.74) is -0.441. The van der Waals surface area contributed by atoms with Gasteiger partial charge in [0.2, 0.25) is 5.91 Å². The third-order valence-electron chi connectivity index (χ3n) is 3.13. The fourth-order valence-electron chi connectivity index (χ4n) is 2.11. The summed E-state index contributed by atoms with van der Waals surface area (Å²) in [4.78, 5) is 28.6. The highest BCUT2D eigenvalue weighted by Crippen LogP contribution is 2.18. The van der Waals surface area contributed by atoms with Gasteiger partial charge in [0.15, 0.2) is 0 Å². The van der Waals surface area contributed by atoms with Gasteiger partial charge in [0.25, 0.3) is 0 Å². The fraction of sp³-hybridized carbons (Fsp3) is 0.385. The van der Waals surface area contributed by atoms with Gasteiger partial charge in [-0.1, -0.05) is 0 Å². The van der Waals surface area contributed by atoms with Crippen LogP contribution in [0.1, 0.15) is 5.76 Å². The van der Waals surface area contributed by atoms with E-state index in [9.17, 15) is 9.59 Å². The molecule has 0 unspecified atom stereocenters. The molecule has 2 aromatic rings. The van der Waals surface area contributed by atoms with Gasteiger partial charge in [0.1, 0.15) is 36.8 Å². The first-order chi connectivity index (χ1) is 10.1. The van der Waals surface area contributed by atoms with Crippen molar-refractivity contribution < 1.29 is 13.9 Å². The van der Waals surface area contributed by atoms with Crippen molar-refractivity contribution in [2.45, 2.75) is 19.6 Å². The van der Waals surface area contributed by atoms with Crippen LogP contribution in [0.4, 0.5) is 0 Å². The van der Waals surface area contributed by atoms with E-state index in [2.05, 4.69) is 10.1 Å². The third kappa shape index (κ3) is 3.10.